The average molecular weight is 243 g/mol. The molecular weight excluding hydrogens is 226 g/mol. The van der Waals surface area contributed by atoms with Crippen molar-refractivity contribution in [2.45, 2.75) is 25.3 Å². The fourth-order valence-electron chi connectivity index (χ4n) is 2.18. The molecule has 1 aliphatic rings. The molecule has 0 aliphatic carbocycles. The third-order valence-electron chi connectivity index (χ3n) is 3.52. The van der Waals surface area contributed by atoms with Crippen LogP contribution in [0.25, 0.3) is 0 Å². The van der Waals surface area contributed by atoms with Gasteiger partial charge in [0.15, 0.2) is 5.78 Å². The summed E-state index contributed by atoms with van der Waals surface area (Å²) in [6, 6.07) is 9.76. The quantitative estimate of drug-likeness (QED) is 0.803. The molecule has 0 bridgehead atoms. The van der Waals surface area contributed by atoms with E-state index in [4.69, 9.17) is 11.0 Å². The molecule has 94 valence electrons. The molecule has 0 saturated carbocycles. The van der Waals surface area contributed by atoms with E-state index in [0.29, 0.717) is 12.8 Å². The molecule has 0 radical (unpaired) electrons. The summed E-state index contributed by atoms with van der Waals surface area (Å²) < 4.78 is 0. The van der Waals surface area contributed by atoms with Gasteiger partial charge >= 0.3 is 0 Å². The third-order valence-corrected chi connectivity index (χ3v) is 3.52. The number of benzene rings is 1. The van der Waals surface area contributed by atoms with Crippen molar-refractivity contribution in [3.8, 4) is 6.07 Å². The summed E-state index contributed by atoms with van der Waals surface area (Å²) in [5, 5.41) is 8.97. The van der Waals surface area contributed by atoms with Gasteiger partial charge in [0, 0.05) is 24.3 Å². The molecule has 1 aliphatic heterocycles. The van der Waals surface area contributed by atoms with Crippen LogP contribution in [0, 0.1) is 11.3 Å². The molecule has 4 nitrogen and oxygen atoms in total. The lowest BCUT2D eigenvalue weighted by Crippen LogP contribution is -2.49. The number of ketones is 1. The van der Waals surface area contributed by atoms with E-state index in [0.717, 1.165) is 24.3 Å². The molecule has 1 saturated heterocycles. The highest BCUT2D eigenvalue weighted by molar-refractivity contribution is 5.94. The van der Waals surface area contributed by atoms with Gasteiger partial charge in [-0.25, -0.2) is 0 Å². The van der Waals surface area contributed by atoms with Crippen molar-refractivity contribution in [3.05, 3.63) is 29.8 Å². The third kappa shape index (κ3) is 2.52. The van der Waals surface area contributed by atoms with Crippen molar-refractivity contribution in [2.75, 3.05) is 18.0 Å². The maximum absolute atomic E-state index is 11.2. The summed E-state index contributed by atoms with van der Waals surface area (Å²) in [7, 11) is 0. The Bertz CT molecular complexity index is 479. The van der Waals surface area contributed by atoms with Crippen LogP contribution in [-0.4, -0.2) is 24.4 Å². The molecule has 0 amide bonds. The lowest BCUT2D eigenvalue weighted by atomic mass is 9.90. The highest BCUT2D eigenvalue weighted by atomic mass is 16.1. The number of rotatable bonds is 2. The number of hydrogen-bond donors (Lipinski definition) is 1. The number of hydrogen-bond acceptors (Lipinski definition) is 4. The summed E-state index contributed by atoms with van der Waals surface area (Å²) in [6.07, 6.45) is 1.36. The van der Waals surface area contributed by atoms with Crippen LogP contribution in [0.1, 0.15) is 30.1 Å². The smallest absolute Gasteiger partial charge is 0.159 e. The van der Waals surface area contributed by atoms with Crippen LogP contribution < -0.4 is 10.6 Å². The van der Waals surface area contributed by atoms with Crippen LogP contribution in [0.3, 0.4) is 0 Å². The van der Waals surface area contributed by atoms with Crippen LogP contribution >= 0.6 is 0 Å². The number of piperidine rings is 1. The van der Waals surface area contributed by atoms with Crippen molar-refractivity contribution in [1.29, 1.82) is 5.26 Å². The molecule has 1 heterocycles. The standard InChI is InChI=1S/C14H17N3O/c1-11(18)12-2-4-13(5-3-12)17-8-6-14(16,10-15)7-9-17/h2-5H,6-9,16H2,1H3. The van der Waals surface area contributed by atoms with Crippen LogP contribution in [0.2, 0.25) is 0 Å². The Hall–Kier alpha value is -1.86. The molecule has 0 aromatic heterocycles. The number of nitrogens with zero attached hydrogens (tertiary/aromatic N) is 2. The Balaban J connectivity index is 2.06. The Kier molecular flexibility index (Phi) is 3.35. The second kappa shape index (κ2) is 4.79. The van der Waals surface area contributed by atoms with Gasteiger partial charge in [-0.05, 0) is 44.0 Å². The first-order valence-corrected chi connectivity index (χ1v) is 6.10. The largest absolute Gasteiger partial charge is 0.371 e. The summed E-state index contributed by atoms with van der Waals surface area (Å²) in [5.41, 5.74) is 7.07. The molecule has 4 heteroatoms. The second-order valence-electron chi connectivity index (χ2n) is 4.86. The van der Waals surface area contributed by atoms with E-state index in [1.165, 1.54) is 0 Å². The van der Waals surface area contributed by atoms with Crippen molar-refractivity contribution in [2.24, 2.45) is 5.73 Å². The highest BCUT2D eigenvalue weighted by Gasteiger charge is 2.30. The maximum Gasteiger partial charge on any atom is 0.159 e. The molecule has 0 unspecified atom stereocenters. The minimum atomic E-state index is -0.671. The van der Waals surface area contributed by atoms with Gasteiger partial charge in [0.1, 0.15) is 5.54 Å². The SMILES string of the molecule is CC(=O)c1ccc(N2CCC(N)(C#N)CC2)cc1. The lowest BCUT2D eigenvalue weighted by Gasteiger charge is -2.36. The van der Waals surface area contributed by atoms with E-state index < -0.39 is 5.54 Å². The van der Waals surface area contributed by atoms with Crippen molar-refractivity contribution in [3.63, 3.8) is 0 Å². The van der Waals surface area contributed by atoms with Crippen molar-refractivity contribution in [1.82, 2.24) is 0 Å². The van der Waals surface area contributed by atoms with E-state index in [9.17, 15) is 4.79 Å². The lowest BCUT2D eigenvalue weighted by molar-refractivity contribution is 0.101. The van der Waals surface area contributed by atoms with Gasteiger partial charge in [-0.15, -0.1) is 0 Å². The maximum atomic E-state index is 11.2. The Morgan fingerprint density at radius 3 is 2.33 bits per heavy atom. The van der Waals surface area contributed by atoms with E-state index in [1.54, 1.807) is 6.92 Å². The van der Waals surface area contributed by atoms with Gasteiger partial charge in [-0.1, -0.05) is 0 Å². The molecule has 0 atom stereocenters. The number of nitrogens with two attached hydrogens (primary N) is 1. The zero-order valence-electron chi connectivity index (χ0n) is 10.5. The average Bonchev–Trinajstić information content (AvgIpc) is 2.40. The van der Waals surface area contributed by atoms with Crippen LogP contribution in [0.15, 0.2) is 24.3 Å². The molecular formula is C14H17N3O. The number of carbonyl (C=O) groups is 1. The van der Waals surface area contributed by atoms with E-state index >= 15 is 0 Å². The van der Waals surface area contributed by atoms with Crippen LogP contribution in [0.5, 0.6) is 0 Å². The fraction of sp³-hybridized carbons (Fsp3) is 0.429. The molecule has 1 fully saturated rings. The predicted octanol–water partition coefficient (Wildman–Crippen LogP) is 1.71. The van der Waals surface area contributed by atoms with E-state index in [-0.39, 0.29) is 5.78 Å². The van der Waals surface area contributed by atoms with E-state index in [2.05, 4.69) is 11.0 Å². The molecule has 1 aromatic carbocycles. The van der Waals surface area contributed by atoms with Crippen LogP contribution in [0.4, 0.5) is 5.69 Å². The first-order chi connectivity index (χ1) is 8.54. The predicted molar refractivity (Wildman–Crippen MR) is 70.4 cm³/mol. The summed E-state index contributed by atoms with van der Waals surface area (Å²) in [6.45, 7) is 3.12. The second-order valence-corrected chi connectivity index (χ2v) is 4.86. The van der Waals surface area contributed by atoms with Gasteiger partial charge < -0.3 is 10.6 Å². The molecule has 2 N–H and O–H groups in total. The molecule has 2 rings (SSSR count). The van der Waals surface area contributed by atoms with Gasteiger partial charge in [0.25, 0.3) is 0 Å². The summed E-state index contributed by atoms with van der Waals surface area (Å²) >= 11 is 0. The van der Waals surface area contributed by atoms with Gasteiger partial charge in [0.2, 0.25) is 0 Å². The molecule has 0 spiro atoms. The minimum Gasteiger partial charge on any atom is -0.371 e. The minimum absolute atomic E-state index is 0.0747. The van der Waals surface area contributed by atoms with Gasteiger partial charge in [-0.3, -0.25) is 4.79 Å². The Labute approximate surface area is 107 Å². The Morgan fingerprint density at radius 2 is 1.89 bits per heavy atom. The fourth-order valence-corrected chi connectivity index (χ4v) is 2.18. The number of carbonyl (C=O) groups excluding carboxylic acids is 1. The van der Waals surface area contributed by atoms with Crippen LogP contribution in [-0.2, 0) is 0 Å². The first-order valence-electron chi connectivity index (χ1n) is 6.10. The summed E-state index contributed by atoms with van der Waals surface area (Å²) in [5.74, 6) is 0.0747. The zero-order chi connectivity index (χ0) is 13.2. The highest BCUT2D eigenvalue weighted by Crippen LogP contribution is 2.24. The Morgan fingerprint density at radius 1 is 1.33 bits per heavy atom. The normalized spacial score (nSPS) is 18.2. The zero-order valence-corrected chi connectivity index (χ0v) is 10.5. The first kappa shape index (κ1) is 12.6. The summed E-state index contributed by atoms with van der Waals surface area (Å²) in [4.78, 5) is 13.4. The monoisotopic (exact) mass is 243 g/mol. The van der Waals surface area contributed by atoms with E-state index in [1.807, 2.05) is 24.3 Å². The van der Waals surface area contributed by atoms with Crippen molar-refractivity contribution >= 4 is 11.5 Å². The number of anilines is 1. The molecule has 18 heavy (non-hydrogen) atoms. The topological polar surface area (TPSA) is 70.1 Å². The van der Waals surface area contributed by atoms with Crippen molar-refractivity contribution < 1.29 is 4.79 Å². The van der Waals surface area contributed by atoms with Gasteiger partial charge in [-0.2, -0.15) is 5.26 Å². The number of nitriles is 1. The van der Waals surface area contributed by atoms with Gasteiger partial charge in [0.05, 0.1) is 6.07 Å². The number of Topliss-reactive ketones (excluding diaryl/α,β-unsaturated/α-hetero) is 1. The molecule has 1 aromatic rings.